The van der Waals surface area contributed by atoms with Crippen LogP contribution >= 0.6 is 0 Å². The van der Waals surface area contributed by atoms with Crippen molar-refractivity contribution >= 4 is 32.5 Å². The molecule has 1 saturated carbocycles. The van der Waals surface area contributed by atoms with Gasteiger partial charge < -0.3 is 9.88 Å². The van der Waals surface area contributed by atoms with E-state index in [0.717, 1.165) is 54.4 Å². The number of hydrogen-bond acceptors (Lipinski definition) is 7. The maximum atomic E-state index is 14.1. The molecule has 0 radical (unpaired) electrons. The van der Waals surface area contributed by atoms with Crippen molar-refractivity contribution < 1.29 is 13.2 Å². The number of pyridine rings is 2. The van der Waals surface area contributed by atoms with Crippen molar-refractivity contribution in [3.8, 4) is 11.1 Å². The summed E-state index contributed by atoms with van der Waals surface area (Å²) in [5, 5.41) is 0.624. The molecule has 0 atom stereocenters. The van der Waals surface area contributed by atoms with Gasteiger partial charge in [-0.15, -0.1) is 6.58 Å². The highest BCUT2D eigenvalue weighted by Crippen LogP contribution is 2.49. The SMILES string of the molecule is C=CCC1(S(=O)(=O)n2cc(C)c3c(C(=O)CCc4c(C)cc(C)[nH]c4=O)cc(-c4ccc(N5CCN(C(C)C)CC5)nc4)cc32)CC1. The number of hydrogen-bond donors (Lipinski definition) is 1. The molecule has 4 heterocycles. The minimum absolute atomic E-state index is 0.114. The first-order chi connectivity index (χ1) is 22.3. The fraction of sp³-hybridized carbons (Fsp3) is 0.432. The molecule has 4 aromatic rings. The van der Waals surface area contributed by atoms with Gasteiger partial charge in [0.1, 0.15) is 5.82 Å². The Morgan fingerprint density at radius 3 is 2.36 bits per heavy atom. The van der Waals surface area contributed by atoms with Crippen LogP contribution in [-0.2, 0) is 16.4 Å². The lowest BCUT2D eigenvalue weighted by atomic mass is 9.94. The summed E-state index contributed by atoms with van der Waals surface area (Å²) in [5.41, 5.74) is 5.19. The fourth-order valence-corrected chi connectivity index (χ4v) is 9.13. The highest BCUT2D eigenvalue weighted by atomic mass is 32.2. The third kappa shape index (κ3) is 6.09. The number of rotatable bonds is 11. The first-order valence-electron chi connectivity index (χ1n) is 16.5. The second-order valence-corrected chi connectivity index (χ2v) is 15.8. The van der Waals surface area contributed by atoms with E-state index >= 15 is 0 Å². The van der Waals surface area contributed by atoms with E-state index in [-0.39, 0.29) is 24.2 Å². The maximum absolute atomic E-state index is 14.1. The van der Waals surface area contributed by atoms with E-state index in [9.17, 15) is 18.0 Å². The minimum atomic E-state index is -3.78. The molecule has 1 aromatic carbocycles. The van der Waals surface area contributed by atoms with Crippen LogP contribution in [0.3, 0.4) is 0 Å². The summed E-state index contributed by atoms with van der Waals surface area (Å²) in [6.45, 7) is 17.6. The second-order valence-electron chi connectivity index (χ2n) is 13.6. The molecule has 1 saturated heterocycles. The van der Waals surface area contributed by atoms with E-state index in [0.29, 0.717) is 52.9 Å². The molecule has 0 unspecified atom stereocenters. The number of H-pyrrole nitrogens is 1. The van der Waals surface area contributed by atoms with E-state index in [1.54, 1.807) is 12.3 Å². The van der Waals surface area contributed by atoms with Crippen molar-refractivity contribution in [2.75, 3.05) is 31.1 Å². The van der Waals surface area contributed by atoms with E-state index < -0.39 is 14.8 Å². The quantitative estimate of drug-likeness (QED) is 0.157. The molecular formula is C37H45N5O4S. The van der Waals surface area contributed by atoms with Crippen LogP contribution in [0.25, 0.3) is 22.0 Å². The van der Waals surface area contributed by atoms with Gasteiger partial charge >= 0.3 is 0 Å². The number of piperazine rings is 1. The first kappa shape index (κ1) is 32.9. The Labute approximate surface area is 277 Å². The van der Waals surface area contributed by atoms with E-state index in [2.05, 4.69) is 35.2 Å². The molecule has 248 valence electrons. The van der Waals surface area contributed by atoms with Crippen molar-refractivity contribution in [3.05, 3.63) is 93.7 Å². The third-order valence-corrected chi connectivity index (χ3v) is 12.5. The lowest BCUT2D eigenvalue weighted by Gasteiger charge is -2.37. The topological polar surface area (TPSA) is 108 Å². The number of nitrogens with zero attached hydrogens (tertiary/aromatic N) is 4. The zero-order valence-electron chi connectivity index (χ0n) is 28.1. The number of aromatic nitrogens is 3. The molecule has 0 spiro atoms. The highest BCUT2D eigenvalue weighted by molar-refractivity contribution is 7.91. The Morgan fingerprint density at radius 1 is 1.04 bits per heavy atom. The van der Waals surface area contributed by atoms with Gasteiger partial charge in [0.05, 0.1) is 10.3 Å². The number of carbonyl (C=O) groups excluding carboxylic acids is 1. The van der Waals surface area contributed by atoms with Crippen LogP contribution in [0.2, 0.25) is 0 Å². The maximum Gasteiger partial charge on any atom is 0.251 e. The number of allylic oxidation sites excluding steroid dienone is 1. The fourth-order valence-electron chi connectivity index (χ4n) is 7.07. The standard InChI is InChI=1S/C37H45N5O4S/c1-7-12-37(13-14-37)47(45,46)42-23-26(5)35-31(33(43)10-9-30-25(4)19-27(6)39-36(30)44)20-29(21-32(35)42)28-8-11-34(38-22-28)41-17-15-40(16-18-41)24(2)3/h7-8,11,19-24H,1,9-10,12-18H2,2-6H3,(H,39,44). The Bertz CT molecular complexity index is 2010. The monoisotopic (exact) mass is 655 g/mol. The molecule has 9 nitrogen and oxygen atoms in total. The average Bonchev–Trinajstić information content (AvgIpc) is 3.76. The van der Waals surface area contributed by atoms with Crippen molar-refractivity contribution in [3.63, 3.8) is 0 Å². The summed E-state index contributed by atoms with van der Waals surface area (Å²) >= 11 is 0. The van der Waals surface area contributed by atoms with Gasteiger partial charge in [-0.25, -0.2) is 17.4 Å². The van der Waals surface area contributed by atoms with Crippen LogP contribution in [0.4, 0.5) is 5.82 Å². The molecule has 47 heavy (non-hydrogen) atoms. The lowest BCUT2D eigenvalue weighted by Crippen LogP contribution is -2.49. The molecule has 1 N–H and O–H groups in total. The number of Topliss-reactive ketones (excluding diaryl/α,β-unsaturated/α-hetero) is 1. The second kappa shape index (κ2) is 12.5. The van der Waals surface area contributed by atoms with Crippen LogP contribution in [0.5, 0.6) is 0 Å². The smallest absolute Gasteiger partial charge is 0.251 e. The zero-order chi connectivity index (χ0) is 33.7. The molecule has 3 aromatic heterocycles. The number of anilines is 1. The van der Waals surface area contributed by atoms with Crippen LogP contribution in [-0.4, -0.2) is 70.0 Å². The molecular weight excluding hydrogens is 611 g/mol. The average molecular weight is 656 g/mol. The Balaban J connectivity index is 1.40. The predicted molar refractivity (Wildman–Crippen MR) is 189 cm³/mol. The summed E-state index contributed by atoms with van der Waals surface area (Å²) in [5.74, 6) is 0.754. The molecule has 0 amide bonds. The zero-order valence-corrected chi connectivity index (χ0v) is 28.9. The lowest BCUT2D eigenvalue weighted by molar-refractivity contribution is 0.0984. The highest BCUT2D eigenvalue weighted by Gasteiger charge is 2.54. The summed E-state index contributed by atoms with van der Waals surface area (Å²) in [6, 6.07) is 10.1. The minimum Gasteiger partial charge on any atom is -0.354 e. The van der Waals surface area contributed by atoms with E-state index in [4.69, 9.17) is 4.98 Å². The molecule has 10 heteroatoms. The predicted octanol–water partition coefficient (Wildman–Crippen LogP) is 5.95. The molecule has 0 bridgehead atoms. The largest absolute Gasteiger partial charge is 0.354 e. The van der Waals surface area contributed by atoms with Crippen molar-refractivity contribution in [2.24, 2.45) is 0 Å². The third-order valence-electron chi connectivity index (χ3n) is 10.0. The number of benzene rings is 1. The van der Waals surface area contributed by atoms with Crippen molar-refractivity contribution in [1.29, 1.82) is 0 Å². The molecule has 2 aliphatic rings. The summed E-state index contributed by atoms with van der Waals surface area (Å²) in [7, 11) is -3.78. The number of ketones is 1. The molecule has 6 rings (SSSR count). The van der Waals surface area contributed by atoms with Gasteiger partial charge in [-0.3, -0.25) is 14.5 Å². The van der Waals surface area contributed by atoms with Gasteiger partial charge in [-0.2, -0.15) is 0 Å². The first-order valence-corrected chi connectivity index (χ1v) is 18.0. The van der Waals surface area contributed by atoms with E-state index in [1.807, 2.05) is 57.3 Å². The van der Waals surface area contributed by atoms with Gasteiger partial charge in [0.2, 0.25) is 10.0 Å². The summed E-state index contributed by atoms with van der Waals surface area (Å²) < 4.78 is 28.8. The number of aryl methyl sites for hydroxylation is 3. The van der Waals surface area contributed by atoms with Crippen LogP contribution in [0.1, 0.15) is 72.3 Å². The van der Waals surface area contributed by atoms with Gasteiger partial charge in [0.25, 0.3) is 5.56 Å². The summed E-state index contributed by atoms with van der Waals surface area (Å²) in [4.78, 5) is 39.2. The Hall–Kier alpha value is -4.02. The summed E-state index contributed by atoms with van der Waals surface area (Å²) in [6.07, 6.45) is 7.06. The van der Waals surface area contributed by atoms with E-state index in [1.165, 1.54) is 3.97 Å². The van der Waals surface area contributed by atoms with Crippen molar-refractivity contribution in [2.45, 2.75) is 77.5 Å². The number of nitrogens with one attached hydrogen (secondary N) is 1. The number of fused-ring (bicyclic) bond motifs is 1. The van der Waals surface area contributed by atoms with Crippen LogP contribution in [0, 0.1) is 20.8 Å². The Morgan fingerprint density at radius 2 is 1.77 bits per heavy atom. The van der Waals surface area contributed by atoms with Gasteiger partial charge in [0.15, 0.2) is 5.78 Å². The number of carbonyl (C=O) groups is 1. The Kier molecular flexibility index (Phi) is 8.78. The van der Waals surface area contributed by atoms with Gasteiger partial charge in [0, 0.05) is 78.8 Å². The van der Waals surface area contributed by atoms with Gasteiger partial charge in [-0.05, 0) is 107 Å². The molecule has 1 aliphatic heterocycles. The molecule has 1 aliphatic carbocycles. The normalized spacial score (nSPS) is 16.6. The molecule has 2 fully saturated rings. The van der Waals surface area contributed by atoms with Crippen LogP contribution < -0.4 is 10.5 Å². The van der Waals surface area contributed by atoms with Crippen molar-refractivity contribution in [1.82, 2.24) is 18.8 Å². The number of aromatic amines is 1. The van der Waals surface area contributed by atoms with Crippen LogP contribution in [0.15, 0.2) is 60.2 Å². The van der Waals surface area contributed by atoms with Gasteiger partial charge in [-0.1, -0.05) is 6.08 Å².